The summed E-state index contributed by atoms with van der Waals surface area (Å²) in [5.74, 6) is -1.22. The van der Waals surface area contributed by atoms with Gasteiger partial charge >= 0.3 is 5.97 Å². The van der Waals surface area contributed by atoms with Crippen LogP contribution in [0.25, 0.3) is 10.4 Å². The van der Waals surface area contributed by atoms with Crippen LogP contribution in [0.1, 0.15) is 24.8 Å². The fourth-order valence-electron chi connectivity index (χ4n) is 4.31. The lowest BCUT2D eigenvalue weighted by Gasteiger charge is -2.24. The van der Waals surface area contributed by atoms with Crippen LogP contribution in [0, 0.1) is 0 Å². The maximum Gasteiger partial charge on any atom is 0.325 e. The van der Waals surface area contributed by atoms with Crippen molar-refractivity contribution in [1.82, 2.24) is 4.72 Å². The first-order chi connectivity index (χ1) is 15.2. The van der Waals surface area contributed by atoms with Crippen LogP contribution in [0.3, 0.4) is 0 Å². The van der Waals surface area contributed by atoms with Crippen molar-refractivity contribution < 1.29 is 23.4 Å². The second-order valence-corrected chi connectivity index (χ2v) is 11.3. The molecule has 1 aromatic heterocycles. The average molecular weight is 492 g/mol. The number of carboxylic acids is 1. The fraction of sp³-hybridized carbons (Fsp3) is 0.261. The third-order valence-electron chi connectivity index (χ3n) is 6.00. The number of aliphatic carboxylic acids is 1. The average Bonchev–Trinajstić information content (AvgIpc) is 3.15. The number of aliphatic hydroxyl groups excluding tert-OH is 1. The molecule has 1 aliphatic rings. The van der Waals surface area contributed by atoms with E-state index in [1.165, 1.54) is 6.07 Å². The number of thiophene rings is 1. The molecule has 32 heavy (non-hydrogen) atoms. The lowest BCUT2D eigenvalue weighted by atomic mass is 9.86. The number of hydrogen-bond acceptors (Lipinski definition) is 5. The van der Waals surface area contributed by atoms with Gasteiger partial charge in [-0.2, -0.15) is 4.72 Å². The second-order valence-electron chi connectivity index (χ2n) is 7.89. The third kappa shape index (κ3) is 3.97. The SMILES string of the molecule is O=C(O)[C@@]1(NS(=O)(=O)c2ccc(-c3ccc(Cl)cc3)s2)C[C@@]1(CCCO)c1ccccc1. The lowest BCUT2D eigenvalue weighted by molar-refractivity contribution is -0.140. The smallest absolute Gasteiger partial charge is 0.325 e. The summed E-state index contributed by atoms with van der Waals surface area (Å²) in [5, 5.41) is 20.1. The van der Waals surface area contributed by atoms with E-state index in [-0.39, 0.29) is 17.2 Å². The van der Waals surface area contributed by atoms with E-state index in [2.05, 4.69) is 4.72 Å². The Morgan fingerprint density at radius 1 is 1.06 bits per heavy atom. The summed E-state index contributed by atoms with van der Waals surface area (Å²) in [6.45, 7) is -0.105. The number of benzene rings is 2. The highest BCUT2D eigenvalue weighted by Crippen LogP contribution is 2.61. The van der Waals surface area contributed by atoms with E-state index in [0.29, 0.717) is 17.9 Å². The Hall–Kier alpha value is -2.23. The van der Waals surface area contributed by atoms with Gasteiger partial charge in [0.05, 0.1) is 0 Å². The van der Waals surface area contributed by atoms with Gasteiger partial charge in [0, 0.05) is 21.9 Å². The molecule has 1 fully saturated rings. The van der Waals surface area contributed by atoms with E-state index in [1.807, 2.05) is 6.07 Å². The van der Waals surface area contributed by atoms with Gasteiger partial charge in [-0.05, 0) is 54.7 Å². The molecule has 1 saturated carbocycles. The molecule has 2 atom stereocenters. The van der Waals surface area contributed by atoms with Crippen LogP contribution in [-0.4, -0.2) is 36.7 Å². The zero-order chi connectivity index (χ0) is 23.0. The minimum Gasteiger partial charge on any atom is -0.480 e. The van der Waals surface area contributed by atoms with Crippen LogP contribution < -0.4 is 4.72 Å². The number of rotatable bonds is 9. The van der Waals surface area contributed by atoms with E-state index in [1.54, 1.807) is 54.6 Å². The zero-order valence-electron chi connectivity index (χ0n) is 17.0. The van der Waals surface area contributed by atoms with Crippen LogP contribution in [0.5, 0.6) is 0 Å². The van der Waals surface area contributed by atoms with Crippen molar-refractivity contribution in [3.05, 3.63) is 77.3 Å². The van der Waals surface area contributed by atoms with Gasteiger partial charge in [0.1, 0.15) is 9.75 Å². The van der Waals surface area contributed by atoms with Crippen molar-refractivity contribution in [2.75, 3.05) is 6.61 Å². The molecule has 1 heterocycles. The molecule has 9 heteroatoms. The summed E-state index contributed by atoms with van der Waals surface area (Å²) in [7, 11) is -4.10. The van der Waals surface area contributed by atoms with Crippen LogP contribution in [-0.2, 0) is 20.2 Å². The number of sulfonamides is 1. The number of carboxylic acid groups (broad SMARTS) is 1. The molecule has 3 aromatic rings. The highest BCUT2D eigenvalue weighted by Gasteiger charge is 2.74. The van der Waals surface area contributed by atoms with Gasteiger partial charge in [-0.3, -0.25) is 4.79 Å². The van der Waals surface area contributed by atoms with Crippen LogP contribution in [0.4, 0.5) is 0 Å². The summed E-state index contributed by atoms with van der Waals surface area (Å²) in [4.78, 5) is 13.1. The molecule has 0 spiro atoms. The Bertz CT molecular complexity index is 1230. The largest absolute Gasteiger partial charge is 0.480 e. The highest BCUT2D eigenvalue weighted by molar-refractivity contribution is 7.91. The van der Waals surface area contributed by atoms with Gasteiger partial charge in [-0.15, -0.1) is 11.3 Å². The van der Waals surface area contributed by atoms with E-state index in [9.17, 15) is 23.4 Å². The Balaban J connectivity index is 1.67. The number of hydrogen-bond donors (Lipinski definition) is 3. The Morgan fingerprint density at radius 2 is 1.75 bits per heavy atom. The van der Waals surface area contributed by atoms with E-state index in [0.717, 1.165) is 27.3 Å². The van der Waals surface area contributed by atoms with Crippen molar-refractivity contribution in [3.63, 3.8) is 0 Å². The first-order valence-electron chi connectivity index (χ1n) is 10.0. The van der Waals surface area contributed by atoms with Crippen LogP contribution >= 0.6 is 22.9 Å². The Morgan fingerprint density at radius 3 is 2.38 bits per heavy atom. The monoisotopic (exact) mass is 491 g/mol. The molecule has 0 aliphatic heterocycles. The van der Waals surface area contributed by atoms with Crippen molar-refractivity contribution in [1.29, 1.82) is 0 Å². The summed E-state index contributed by atoms with van der Waals surface area (Å²) in [6, 6.07) is 19.2. The molecule has 1 aliphatic carbocycles. The third-order valence-corrected chi connectivity index (χ3v) is 9.37. The van der Waals surface area contributed by atoms with Crippen molar-refractivity contribution in [2.24, 2.45) is 0 Å². The normalized spacial score (nSPS) is 22.6. The van der Waals surface area contributed by atoms with Crippen molar-refractivity contribution >= 4 is 38.9 Å². The van der Waals surface area contributed by atoms with Gasteiger partial charge in [0.25, 0.3) is 10.0 Å². The topological polar surface area (TPSA) is 104 Å². The van der Waals surface area contributed by atoms with E-state index in [4.69, 9.17) is 11.6 Å². The predicted molar refractivity (Wildman–Crippen MR) is 125 cm³/mol. The first-order valence-corrected chi connectivity index (χ1v) is 12.7. The zero-order valence-corrected chi connectivity index (χ0v) is 19.4. The molecule has 0 bridgehead atoms. The quantitative estimate of drug-likeness (QED) is 0.414. The molecular weight excluding hydrogens is 470 g/mol. The molecule has 168 valence electrons. The van der Waals surface area contributed by atoms with Gasteiger partial charge in [-0.1, -0.05) is 54.1 Å². The minimum atomic E-state index is -4.10. The van der Waals surface area contributed by atoms with Gasteiger partial charge in [0.2, 0.25) is 0 Å². The molecule has 0 unspecified atom stereocenters. The lowest BCUT2D eigenvalue weighted by Crippen LogP contribution is -2.48. The maximum absolute atomic E-state index is 13.2. The summed E-state index contributed by atoms with van der Waals surface area (Å²) in [6.07, 6.45) is 0.835. The van der Waals surface area contributed by atoms with Crippen molar-refractivity contribution in [2.45, 2.75) is 34.4 Å². The number of halogens is 1. The molecule has 0 amide bonds. The molecule has 2 aromatic carbocycles. The summed E-state index contributed by atoms with van der Waals surface area (Å²) < 4.78 is 29.1. The molecular formula is C23H22ClNO5S2. The summed E-state index contributed by atoms with van der Waals surface area (Å²) in [5.41, 5.74) is -1.03. The van der Waals surface area contributed by atoms with E-state index >= 15 is 0 Å². The van der Waals surface area contributed by atoms with E-state index < -0.39 is 26.9 Å². The molecule has 3 N–H and O–H groups in total. The Kier molecular flexibility index (Phi) is 6.17. The number of aliphatic hydroxyl groups is 1. The number of carbonyl (C=O) groups is 1. The van der Waals surface area contributed by atoms with Gasteiger partial charge in [-0.25, -0.2) is 8.42 Å². The fourth-order valence-corrected chi connectivity index (χ4v) is 7.18. The summed E-state index contributed by atoms with van der Waals surface area (Å²) >= 11 is 6.99. The second kappa shape index (κ2) is 8.61. The van der Waals surface area contributed by atoms with Gasteiger partial charge in [0.15, 0.2) is 0 Å². The molecule has 0 radical (unpaired) electrons. The Labute approximate surface area is 195 Å². The highest BCUT2D eigenvalue weighted by atomic mass is 35.5. The molecule has 4 rings (SSSR count). The van der Waals surface area contributed by atoms with Crippen molar-refractivity contribution in [3.8, 4) is 10.4 Å². The van der Waals surface area contributed by atoms with Crippen LogP contribution in [0.2, 0.25) is 5.02 Å². The molecule has 0 saturated heterocycles. The van der Waals surface area contributed by atoms with Gasteiger partial charge < -0.3 is 10.2 Å². The van der Waals surface area contributed by atoms with Crippen LogP contribution in [0.15, 0.2) is 70.9 Å². The number of nitrogens with one attached hydrogen (secondary N) is 1. The first kappa shape index (κ1) is 22.9. The minimum absolute atomic E-state index is 0.0408. The molecule has 6 nitrogen and oxygen atoms in total. The standard InChI is InChI=1S/C23H22ClNO5S2/c24-18-9-7-16(8-10-18)19-11-12-20(31-19)32(29,30)25-23(21(27)28)15-22(23,13-4-14-26)17-5-2-1-3-6-17/h1-3,5-12,25-26H,4,13-15H2,(H,27,28)/t22-,23-/m0/s1. The predicted octanol–water partition coefficient (Wildman–Crippen LogP) is 4.28. The maximum atomic E-state index is 13.2.